The van der Waals surface area contributed by atoms with Gasteiger partial charge in [0.05, 0.1) is 12.7 Å². The molecule has 4 nitrogen and oxygen atoms in total. The first-order chi connectivity index (χ1) is 10.2. The highest BCUT2D eigenvalue weighted by Gasteiger charge is 2.20. The second-order valence-electron chi connectivity index (χ2n) is 4.42. The summed E-state index contributed by atoms with van der Waals surface area (Å²) in [5, 5.41) is 0.621. The number of ether oxygens (including phenoxy) is 1. The maximum Gasteiger partial charge on any atom is 0.262 e. The van der Waals surface area contributed by atoms with Crippen LogP contribution in [0.4, 0.5) is 5.69 Å². The number of hydrogen-bond acceptors (Lipinski definition) is 3. The van der Waals surface area contributed by atoms with Gasteiger partial charge in [-0.15, -0.1) is 0 Å². The molecule has 2 aromatic rings. The average Bonchev–Trinajstić information content (AvgIpc) is 2.53. The molecule has 2 N–H and O–H groups in total. The van der Waals surface area contributed by atoms with Crippen LogP contribution in [0.5, 0.6) is 5.75 Å². The molecule has 0 bridgehead atoms. The Kier molecular flexibility index (Phi) is 5.20. The summed E-state index contributed by atoms with van der Waals surface area (Å²) in [5.41, 5.74) is 6.89. The second kappa shape index (κ2) is 7.11. The molecule has 0 aromatic heterocycles. The van der Waals surface area contributed by atoms with Gasteiger partial charge in [0, 0.05) is 23.8 Å². The first-order valence-electron chi connectivity index (χ1n) is 6.58. The molecular formula is C16H17ClN2O2. The molecule has 0 heterocycles. The minimum Gasteiger partial charge on any atom is -0.496 e. The van der Waals surface area contributed by atoms with Crippen molar-refractivity contribution < 1.29 is 9.53 Å². The van der Waals surface area contributed by atoms with Crippen molar-refractivity contribution in [2.45, 2.75) is 0 Å². The first kappa shape index (κ1) is 15.4. The van der Waals surface area contributed by atoms with Crippen molar-refractivity contribution in [2.24, 2.45) is 5.73 Å². The molecule has 0 saturated carbocycles. The smallest absolute Gasteiger partial charge is 0.262 e. The van der Waals surface area contributed by atoms with E-state index in [9.17, 15) is 4.79 Å². The van der Waals surface area contributed by atoms with Gasteiger partial charge in [0.1, 0.15) is 5.75 Å². The predicted octanol–water partition coefficient (Wildman–Crippen LogP) is 2.95. The van der Waals surface area contributed by atoms with Crippen LogP contribution in [0.25, 0.3) is 0 Å². The zero-order valence-electron chi connectivity index (χ0n) is 11.8. The third-order valence-corrected chi connectivity index (χ3v) is 3.33. The van der Waals surface area contributed by atoms with Crippen LogP contribution in [-0.4, -0.2) is 26.1 Å². The minimum absolute atomic E-state index is 0.153. The Morgan fingerprint density at radius 3 is 2.48 bits per heavy atom. The SMILES string of the molecule is COc1ccccc1C(=O)N(CCN)c1ccc(Cl)cc1. The summed E-state index contributed by atoms with van der Waals surface area (Å²) in [5.74, 6) is 0.388. The fourth-order valence-electron chi connectivity index (χ4n) is 2.06. The van der Waals surface area contributed by atoms with Crippen LogP contribution in [0.3, 0.4) is 0 Å². The number of nitrogens with two attached hydrogens (primary N) is 1. The van der Waals surface area contributed by atoms with Gasteiger partial charge in [-0.3, -0.25) is 4.79 Å². The summed E-state index contributed by atoms with van der Waals surface area (Å²) in [6.45, 7) is 0.780. The number of carbonyl (C=O) groups excluding carboxylic acids is 1. The van der Waals surface area contributed by atoms with E-state index in [1.807, 2.05) is 6.07 Å². The van der Waals surface area contributed by atoms with Crippen molar-refractivity contribution in [1.29, 1.82) is 0 Å². The number of methoxy groups -OCH3 is 1. The topological polar surface area (TPSA) is 55.6 Å². The summed E-state index contributed by atoms with van der Waals surface area (Å²) >= 11 is 5.89. The van der Waals surface area contributed by atoms with E-state index in [-0.39, 0.29) is 5.91 Å². The van der Waals surface area contributed by atoms with Gasteiger partial charge in [-0.1, -0.05) is 23.7 Å². The van der Waals surface area contributed by atoms with Gasteiger partial charge in [-0.05, 0) is 36.4 Å². The Labute approximate surface area is 129 Å². The lowest BCUT2D eigenvalue weighted by Crippen LogP contribution is -2.35. The number of halogens is 1. The number of nitrogens with zero attached hydrogens (tertiary/aromatic N) is 1. The van der Waals surface area contributed by atoms with Crippen molar-refractivity contribution in [3.8, 4) is 5.75 Å². The molecule has 2 rings (SSSR count). The van der Waals surface area contributed by atoms with Crippen LogP contribution in [0.1, 0.15) is 10.4 Å². The maximum atomic E-state index is 12.8. The molecular weight excluding hydrogens is 288 g/mol. The van der Waals surface area contributed by atoms with Gasteiger partial charge in [0.15, 0.2) is 0 Å². The van der Waals surface area contributed by atoms with Crippen molar-refractivity contribution in [1.82, 2.24) is 0 Å². The van der Waals surface area contributed by atoms with Crippen molar-refractivity contribution in [3.05, 3.63) is 59.1 Å². The Hall–Kier alpha value is -2.04. The summed E-state index contributed by atoms with van der Waals surface area (Å²) in [6, 6.07) is 14.2. The van der Waals surface area contributed by atoms with Gasteiger partial charge < -0.3 is 15.4 Å². The van der Waals surface area contributed by atoms with Crippen LogP contribution in [0.15, 0.2) is 48.5 Å². The summed E-state index contributed by atoms with van der Waals surface area (Å²) in [6.07, 6.45) is 0. The molecule has 21 heavy (non-hydrogen) atoms. The van der Waals surface area contributed by atoms with Crippen LogP contribution in [0.2, 0.25) is 5.02 Å². The molecule has 2 aromatic carbocycles. The van der Waals surface area contributed by atoms with Crippen molar-refractivity contribution >= 4 is 23.2 Å². The lowest BCUT2D eigenvalue weighted by Gasteiger charge is -2.23. The van der Waals surface area contributed by atoms with E-state index in [0.29, 0.717) is 29.4 Å². The predicted molar refractivity (Wildman–Crippen MR) is 85.2 cm³/mol. The van der Waals surface area contributed by atoms with E-state index in [4.69, 9.17) is 22.1 Å². The Morgan fingerprint density at radius 2 is 1.86 bits per heavy atom. The molecule has 110 valence electrons. The molecule has 1 amide bonds. The number of amides is 1. The fraction of sp³-hybridized carbons (Fsp3) is 0.188. The van der Waals surface area contributed by atoms with Crippen LogP contribution < -0.4 is 15.4 Å². The van der Waals surface area contributed by atoms with Crippen LogP contribution >= 0.6 is 11.6 Å². The average molecular weight is 305 g/mol. The Balaban J connectivity index is 2.37. The van der Waals surface area contributed by atoms with E-state index in [1.165, 1.54) is 0 Å². The monoisotopic (exact) mass is 304 g/mol. The molecule has 0 unspecified atom stereocenters. The standard InChI is InChI=1S/C16H17ClN2O2/c1-21-15-5-3-2-4-14(15)16(20)19(11-10-18)13-8-6-12(17)7-9-13/h2-9H,10-11,18H2,1H3. The fourth-order valence-corrected chi connectivity index (χ4v) is 2.19. The highest BCUT2D eigenvalue weighted by Crippen LogP contribution is 2.24. The molecule has 0 aliphatic carbocycles. The van der Waals surface area contributed by atoms with Gasteiger partial charge in [-0.25, -0.2) is 0 Å². The molecule has 5 heteroatoms. The van der Waals surface area contributed by atoms with Gasteiger partial charge >= 0.3 is 0 Å². The zero-order chi connectivity index (χ0) is 15.2. The maximum absolute atomic E-state index is 12.8. The molecule has 0 spiro atoms. The van der Waals surface area contributed by atoms with Crippen LogP contribution in [-0.2, 0) is 0 Å². The normalized spacial score (nSPS) is 10.2. The molecule has 0 aliphatic heterocycles. The molecule has 0 radical (unpaired) electrons. The van der Waals surface area contributed by atoms with Gasteiger partial charge in [0.2, 0.25) is 0 Å². The zero-order valence-corrected chi connectivity index (χ0v) is 12.5. The van der Waals surface area contributed by atoms with E-state index < -0.39 is 0 Å². The third-order valence-electron chi connectivity index (χ3n) is 3.07. The number of hydrogen-bond donors (Lipinski definition) is 1. The number of benzene rings is 2. The Bertz CT molecular complexity index is 614. The van der Waals surface area contributed by atoms with Crippen LogP contribution in [0, 0.1) is 0 Å². The van der Waals surface area contributed by atoms with Crippen molar-refractivity contribution in [3.63, 3.8) is 0 Å². The van der Waals surface area contributed by atoms with E-state index in [0.717, 1.165) is 5.69 Å². The quantitative estimate of drug-likeness (QED) is 0.924. The lowest BCUT2D eigenvalue weighted by molar-refractivity contribution is 0.0984. The van der Waals surface area contributed by atoms with E-state index in [1.54, 1.807) is 54.5 Å². The van der Waals surface area contributed by atoms with Gasteiger partial charge in [-0.2, -0.15) is 0 Å². The number of carbonyl (C=O) groups is 1. The molecule has 0 atom stereocenters. The van der Waals surface area contributed by atoms with Crippen molar-refractivity contribution in [2.75, 3.05) is 25.1 Å². The number of para-hydroxylation sites is 1. The first-order valence-corrected chi connectivity index (χ1v) is 6.95. The van der Waals surface area contributed by atoms with Gasteiger partial charge in [0.25, 0.3) is 5.91 Å². The second-order valence-corrected chi connectivity index (χ2v) is 4.86. The lowest BCUT2D eigenvalue weighted by atomic mass is 10.1. The molecule has 0 fully saturated rings. The number of rotatable bonds is 5. The summed E-state index contributed by atoms with van der Waals surface area (Å²) in [4.78, 5) is 14.4. The van der Waals surface area contributed by atoms with E-state index in [2.05, 4.69) is 0 Å². The molecule has 0 aliphatic rings. The highest BCUT2D eigenvalue weighted by molar-refractivity contribution is 6.30. The van der Waals surface area contributed by atoms with E-state index >= 15 is 0 Å². The highest BCUT2D eigenvalue weighted by atomic mass is 35.5. The summed E-state index contributed by atoms with van der Waals surface area (Å²) in [7, 11) is 1.54. The Morgan fingerprint density at radius 1 is 1.19 bits per heavy atom. The minimum atomic E-state index is -0.153. The summed E-state index contributed by atoms with van der Waals surface area (Å²) < 4.78 is 5.25. The number of anilines is 1. The third kappa shape index (κ3) is 3.54. The largest absolute Gasteiger partial charge is 0.496 e. The molecule has 0 saturated heterocycles.